The van der Waals surface area contributed by atoms with E-state index in [-0.39, 0.29) is 30.9 Å². The fraction of sp³-hybridized carbons (Fsp3) is 0.516. The van der Waals surface area contributed by atoms with Crippen LogP contribution in [0.15, 0.2) is 41.9 Å². The predicted molar refractivity (Wildman–Crippen MR) is 167 cm³/mol. The number of allylic oxidation sites excluding steroid dienone is 1. The first kappa shape index (κ1) is 32.1. The molecule has 0 spiro atoms. The van der Waals surface area contributed by atoms with E-state index in [1.807, 2.05) is 12.2 Å². The van der Waals surface area contributed by atoms with Gasteiger partial charge in [0.25, 0.3) is 5.91 Å². The van der Waals surface area contributed by atoms with Gasteiger partial charge in [-0.25, -0.2) is 22.6 Å². The Kier molecular flexibility index (Phi) is 8.89. The normalized spacial score (nSPS) is 29.0. The molecule has 4 aliphatic rings. The highest BCUT2D eigenvalue weighted by Gasteiger charge is 2.62. The van der Waals surface area contributed by atoms with E-state index in [4.69, 9.17) is 4.74 Å². The SMILES string of the molecule is CN1CCCC/C=C\[C@H]2C[C@@]2(C(=O)NS(=O)(=O)C2CC2)NC(=O)[C@@H]2C[C@@H](OC(=O)Nc3ccc(F)cc3-c3nccs3)C[C@H]2C1=O. The number of nitrogens with one attached hydrogen (secondary N) is 3. The molecule has 2 aromatic rings. The van der Waals surface area contributed by atoms with Crippen LogP contribution in [0.3, 0.4) is 0 Å². The molecule has 3 saturated carbocycles. The van der Waals surface area contributed by atoms with Gasteiger partial charge in [-0.3, -0.25) is 24.4 Å². The molecule has 0 radical (unpaired) electrons. The van der Waals surface area contributed by atoms with Gasteiger partial charge in [0, 0.05) is 36.7 Å². The molecule has 6 rings (SSSR count). The number of amides is 4. The molecular formula is C31H36FN5O7S2. The molecule has 3 aliphatic carbocycles. The van der Waals surface area contributed by atoms with Gasteiger partial charge in [0.05, 0.1) is 22.8 Å². The Balaban J connectivity index is 1.20. The van der Waals surface area contributed by atoms with E-state index in [0.29, 0.717) is 36.4 Å². The lowest BCUT2D eigenvalue weighted by Gasteiger charge is -2.26. The molecule has 2 heterocycles. The van der Waals surface area contributed by atoms with Gasteiger partial charge in [-0.2, -0.15) is 0 Å². The van der Waals surface area contributed by atoms with Crippen molar-refractivity contribution in [3.8, 4) is 10.6 Å². The number of sulfonamides is 1. The third-order valence-electron chi connectivity index (χ3n) is 9.15. The Morgan fingerprint density at radius 3 is 2.70 bits per heavy atom. The monoisotopic (exact) mass is 673 g/mol. The number of anilines is 1. The molecular weight excluding hydrogens is 638 g/mol. The molecule has 12 nitrogen and oxygen atoms in total. The summed E-state index contributed by atoms with van der Waals surface area (Å²) in [6.07, 6.45) is 7.22. The first-order chi connectivity index (χ1) is 22.0. The Morgan fingerprint density at radius 1 is 1.17 bits per heavy atom. The number of halogens is 1. The number of rotatable bonds is 6. The van der Waals surface area contributed by atoms with E-state index >= 15 is 0 Å². The summed E-state index contributed by atoms with van der Waals surface area (Å²) in [6, 6.07) is 3.86. The maximum absolute atomic E-state index is 14.0. The summed E-state index contributed by atoms with van der Waals surface area (Å²) in [7, 11) is -2.18. The zero-order valence-corrected chi connectivity index (χ0v) is 26.9. The number of ether oxygens (including phenoxy) is 1. The minimum absolute atomic E-state index is 0.0187. The molecule has 3 fully saturated rings. The highest BCUT2D eigenvalue weighted by Crippen LogP contribution is 2.47. The summed E-state index contributed by atoms with van der Waals surface area (Å²) in [4.78, 5) is 59.7. The summed E-state index contributed by atoms with van der Waals surface area (Å²) >= 11 is 1.28. The predicted octanol–water partition coefficient (Wildman–Crippen LogP) is 3.57. The van der Waals surface area contributed by atoms with Crippen molar-refractivity contribution in [2.45, 2.75) is 68.3 Å². The minimum atomic E-state index is -3.85. The molecule has 3 N–H and O–H groups in total. The lowest BCUT2D eigenvalue weighted by molar-refractivity contribution is -0.140. The molecule has 1 aliphatic heterocycles. The van der Waals surface area contributed by atoms with Crippen LogP contribution in [-0.4, -0.2) is 72.6 Å². The van der Waals surface area contributed by atoms with Crippen molar-refractivity contribution in [2.24, 2.45) is 17.8 Å². The van der Waals surface area contributed by atoms with Gasteiger partial charge in [-0.1, -0.05) is 12.2 Å². The molecule has 0 unspecified atom stereocenters. The van der Waals surface area contributed by atoms with E-state index in [2.05, 4.69) is 20.3 Å². The fourth-order valence-electron chi connectivity index (χ4n) is 6.34. The summed E-state index contributed by atoms with van der Waals surface area (Å²) in [5.41, 5.74) is -0.791. The zero-order chi connectivity index (χ0) is 32.6. The molecule has 1 aromatic heterocycles. The van der Waals surface area contributed by atoms with Crippen LogP contribution < -0.4 is 15.4 Å². The van der Waals surface area contributed by atoms with E-state index < -0.39 is 68.4 Å². The second kappa shape index (κ2) is 12.7. The summed E-state index contributed by atoms with van der Waals surface area (Å²) in [5.74, 6) is -4.28. The van der Waals surface area contributed by atoms with E-state index in [0.717, 1.165) is 12.8 Å². The van der Waals surface area contributed by atoms with E-state index in [1.165, 1.54) is 29.5 Å². The first-order valence-electron chi connectivity index (χ1n) is 15.4. The first-order valence-corrected chi connectivity index (χ1v) is 17.9. The Morgan fingerprint density at radius 2 is 1.96 bits per heavy atom. The number of benzene rings is 1. The summed E-state index contributed by atoms with van der Waals surface area (Å²) < 4.78 is 47.1. The van der Waals surface area contributed by atoms with Crippen molar-refractivity contribution >= 4 is 50.9 Å². The van der Waals surface area contributed by atoms with Crippen LogP contribution in [0.2, 0.25) is 0 Å². The van der Waals surface area contributed by atoms with Crippen LogP contribution in [0, 0.1) is 23.6 Å². The van der Waals surface area contributed by atoms with Crippen LogP contribution in [-0.2, 0) is 29.1 Å². The second-order valence-corrected chi connectivity index (χ2v) is 15.3. The summed E-state index contributed by atoms with van der Waals surface area (Å²) in [5, 5.41) is 7.07. The lowest BCUT2D eigenvalue weighted by Crippen LogP contribution is -2.54. The van der Waals surface area contributed by atoms with Crippen LogP contribution in [0.1, 0.15) is 51.4 Å². The Labute approximate surface area is 270 Å². The van der Waals surface area contributed by atoms with Crippen molar-refractivity contribution < 1.29 is 36.7 Å². The van der Waals surface area contributed by atoms with Gasteiger partial charge >= 0.3 is 6.09 Å². The van der Waals surface area contributed by atoms with Gasteiger partial charge in [0.2, 0.25) is 21.8 Å². The molecule has 4 amide bonds. The van der Waals surface area contributed by atoms with Crippen LogP contribution in [0.4, 0.5) is 14.9 Å². The Bertz CT molecular complexity index is 1660. The van der Waals surface area contributed by atoms with Crippen molar-refractivity contribution in [1.82, 2.24) is 19.9 Å². The van der Waals surface area contributed by atoms with Crippen molar-refractivity contribution in [3.05, 3.63) is 47.7 Å². The molecule has 1 aromatic carbocycles. The molecule has 46 heavy (non-hydrogen) atoms. The molecule has 246 valence electrons. The maximum Gasteiger partial charge on any atom is 0.411 e. The molecule has 15 heteroatoms. The van der Waals surface area contributed by atoms with Gasteiger partial charge in [0.15, 0.2) is 0 Å². The van der Waals surface area contributed by atoms with Gasteiger partial charge < -0.3 is 15.0 Å². The smallest absolute Gasteiger partial charge is 0.411 e. The number of hydrogen-bond donors (Lipinski definition) is 3. The van der Waals surface area contributed by atoms with Crippen LogP contribution in [0.5, 0.6) is 0 Å². The van der Waals surface area contributed by atoms with E-state index in [1.54, 1.807) is 23.5 Å². The van der Waals surface area contributed by atoms with Gasteiger partial charge in [0.1, 0.15) is 22.5 Å². The van der Waals surface area contributed by atoms with Gasteiger partial charge in [-0.05, 0) is 69.6 Å². The number of fused-ring (bicyclic) bond motifs is 2. The Hall–Kier alpha value is -3.85. The largest absolute Gasteiger partial charge is 0.446 e. The van der Waals surface area contributed by atoms with Crippen molar-refractivity contribution in [2.75, 3.05) is 18.9 Å². The third-order valence-corrected chi connectivity index (χ3v) is 11.8. The average molecular weight is 674 g/mol. The van der Waals surface area contributed by atoms with Crippen LogP contribution >= 0.6 is 11.3 Å². The lowest BCUT2D eigenvalue weighted by atomic mass is 9.93. The zero-order valence-electron chi connectivity index (χ0n) is 25.2. The second-order valence-electron chi connectivity index (χ2n) is 12.5. The number of aromatic nitrogens is 1. The highest BCUT2D eigenvalue weighted by molar-refractivity contribution is 7.91. The highest BCUT2D eigenvalue weighted by atomic mass is 32.2. The third kappa shape index (κ3) is 6.80. The van der Waals surface area contributed by atoms with Crippen molar-refractivity contribution in [1.29, 1.82) is 0 Å². The molecule has 0 saturated heterocycles. The topological polar surface area (TPSA) is 164 Å². The quantitative estimate of drug-likeness (QED) is 0.392. The minimum Gasteiger partial charge on any atom is -0.446 e. The van der Waals surface area contributed by atoms with Gasteiger partial charge in [-0.15, -0.1) is 11.3 Å². The number of nitrogens with zero attached hydrogens (tertiary/aromatic N) is 2. The standard InChI is InChI=1S/C31H36FN5O7S2/c1-37-12-5-3-2-4-6-18-17-31(18,29(40)36-46(42,43)21-8-9-21)35-26(38)22-15-20(16-23(22)28(37)39)44-30(41)34-25-10-7-19(32)14-24(25)27-33-11-13-45-27/h4,6-7,10-11,13-14,18,20-23H,2-3,5,8-9,12,15-17H2,1H3,(H,34,41)(H,35,38)(H,36,40)/b6-4-/t18-,20+,22+,23+,31+/m0/s1. The van der Waals surface area contributed by atoms with Crippen molar-refractivity contribution in [3.63, 3.8) is 0 Å². The number of thiazole rings is 1. The fourth-order valence-corrected chi connectivity index (χ4v) is 8.37. The average Bonchev–Trinajstić information content (AvgIpc) is 3.87. The summed E-state index contributed by atoms with van der Waals surface area (Å²) in [6.45, 7) is 0.489. The number of hydrogen-bond acceptors (Lipinski definition) is 9. The van der Waals surface area contributed by atoms with E-state index in [9.17, 15) is 32.0 Å². The van der Waals surface area contributed by atoms with Crippen LogP contribution in [0.25, 0.3) is 10.6 Å². The maximum atomic E-state index is 14.0. The number of carbonyl (C=O) groups is 4. The molecule has 5 atom stereocenters. The molecule has 0 bridgehead atoms. The number of carbonyl (C=O) groups excluding carboxylic acids is 4.